The lowest BCUT2D eigenvalue weighted by Gasteiger charge is -2.45. The fourth-order valence-corrected chi connectivity index (χ4v) is 3.21. The molecule has 1 aliphatic heterocycles. The summed E-state index contributed by atoms with van der Waals surface area (Å²) in [6, 6.07) is 6.72. The molecule has 1 aromatic carbocycles. The molecule has 1 unspecified atom stereocenters. The third kappa shape index (κ3) is 3.59. The Bertz CT molecular complexity index is 586. The van der Waals surface area contributed by atoms with E-state index >= 15 is 0 Å². The molecule has 6 heteroatoms. The van der Waals surface area contributed by atoms with Crippen molar-refractivity contribution >= 4 is 22.1 Å². The maximum atomic E-state index is 12.2. The van der Waals surface area contributed by atoms with Gasteiger partial charge >= 0.3 is 0 Å². The minimum Gasteiger partial charge on any atom is -0.331 e. The standard InChI is InChI=1S/C17H25NO4S/c1-12(22-23(5,6)17(2,3)4)11-21-18-15(19)13-9-7-8-10-14(13)16(18)20/h7-10,12H,11H2,1-6H3. The molecule has 1 aliphatic rings. The van der Waals surface area contributed by atoms with E-state index in [9.17, 15) is 9.59 Å². The Balaban J connectivity index is 1.98. The normalized spacial score (nSPS) is 17.4. The zero-order valence-electron chi connectivity index (χ0n) is 14.6. The van der Waals surface area contributed by atoms with Gasteiger partial charge < -0.3 is 4.18 Å². The molecule has 23 heavy (non-hydrogen) atoms. The van der Waals surface area contributed by atoms with Gasteiger partial charge in [0.1, 0.15) is 6.61 Å². The first-order valence-electron chi connectivity index (χ1n) is 7.56. The van der Waals surface area contributed by atoms with Gasteiger partial charge in [0, 0.05) is 4.75 Å². The zero-order chi connectivity index (χ0) is 17.4. The topological polar surface area (TPSA) is 55.8 Å². The van der Waals surface area contributed by atoms with E-state index in [-0.39, 0.29) is 17.5 Å². The Hall–Kier alpha value is -1.37. The molecule has 2 amide bonds. The number of fused-ring (bicyclic) bond motifs is 1. The van der Waals surface area contributed by atoms with Crippen molar-refractivity contribution in [2.45, 2.75) is 38.5 Å². The van der Waals surface area contributed by atoms with Crippen LogP contribution in [0.5, 0.6) is 0 Å². The highest BCUT2D eigenvalue weighted by atomic mass is 32.3. The average Bonchev–Trinajstić information content (AvgIpc) is 2.68. The highest BCUT2D eigenvalue weighted by Gasteiger charge is 2.37. The van der Waals surface area contributed by atoms with Gasteiger partial charge in [0.25, 0.3) is 11.8 Å². The fraction of sp³-hybridized carbons (Fsp3) is 0.529. The molecule has 0 saturated carbocycles. The van der Waals surface area contributed by atoms with Crippen LogP contribution in [0.4, 0.5) is 0 Å². The van der Waals surface area contributed by atoms with Crippen molar-refractivity contribution in [1.29, 1.82) is 0 Å². The first-order chi connectivity index (χ1) is 10.5. The van der Waals surface area contributed by atoms with Crippen LogP contribution in [0, 0.1) is 0 Å². The monoisotopic (exact) mass is 339 g/mol. The van der Waals surface area contributed by atoms with Crippen molar-refractivity contribution < 1.29 is 18.6 Å². The maximum Gasteiger partial charge on any atom is 0.285 e. The maximum absolute atomic E-state index is 12.2. The molecule has 0 aliphatic carbocycles. The Morgan fingerprint density at radius 1 is 1.09 bits per heavy atom. The molecule has 0 N–H and O–H groups in total. The van der Waals surface area contributed by atoms with Gasteiger partial charge in [-0.2, -0.15) is 0 Å². The summed E-state index contributed by atoms with van der Waals surface area (Å²) < 4.78 is 6.16. The van der Waals surface area contributed by atoms with E-state index in [4.69, 9.17) is 9.02 Å². The van der Waals surface area contributed by atoms with Crippen LogP contribution in [-0.2, 0) is 9.02 Å². The Kier molecular flexibility index (Phi) is 4.89. The molecule has 0 radical (unpaired) electrons. The second kappa shape index (κ2) is 6.26. The molecule has 0 bridgehead atoms. The van der Waals surface area contributed by atoms with Gasteiger partial charge in [0.2, 0.25) is 0 Å². The van der Waals surface area contributed by atoms with Crippen LogP contribution in [0.2, 0.25) is 0 Å². The number of hydrogen-bond acceptors (Lipinski definition) is 4. The summed E-state index contributed by atoms with van der Waals surface area (Å²) >= 11 is 0. The van der Waals surface area contributed by atoms with Crippen molar-refractivity contribution in [3.05, 3.63) is 35.4 Å². The Labute approximate surface area is 139 Å². The van der Waals surface area contributed by atoms with E-state index in [0.717, 1.165) is 5.06 Å². The van der Waals surface area contributed by atoms with E-state index in [1.54, 1.807) is 24.3 Å². The number of nitrogens with zero attached hydrogens (tertiary/aromatic N) is 1. The number of rotatable bonds is 5. The summed E-state index contributed by atoms with van der Waals surface area (Å²) in [6.07, 6.45) is 3.99. The number of carbonyl (C=O) groups excluding carboxylic acids is 2. The minimum atomic E-state index is -1.29. The number of hydrogen-bond donors (Lipinski definition) is 0. The lowest BCUT2D eigenvalue weighted by Crippen LogP contribution is -2.35. The van der Waals surface area contributed by atoms with Crippen molar-refractivity contribution in [2.24, 2.45) is 0 Å². The SMILES string of the molecule is CC(CON1C(=O)c2ccccc2C1=O)OS(C)(C)C(C)(C)C. The number of benzene rings is 1. The van der Waals surface area contributed by atoms with E-state index in [1.807, 2.05) is 6.92 Å². The first kappa shape index (κ1) is 18.0. The molecule has 128 valence electrons. The molecule has 0 aromatic heterocycles. The second-order valence-corrected chi connectivity index (χ2v) is 10.9. The lowest BCUT2D eigenvalue weighted by atomic mass is 10.1. The predicted octanol–water partition coefficient (Wildman–Crippen LogP) is 3.40. The minimum absolute atomic E-state index is 0.0385. The Morgan fingerprint density at radius 3 is 2.00 bits per heavy atom. The molecule has 1 heterocycles. The first-order valence-corrected chi connectivity index (χ1v) is 9.94. The molecule has 0 fully saturated rings. The van der Waals surface area contributed by atoms with E-state index in [1.165, 1.54) is 0 Å². The molecular weight excluding hydrogens is 314 g/mol. The number of imide groups is 1. The summed E-state index contributed by atoms with van der Waals surface area (Å²) in [7, 11) is -1.29. The van der Waals surface area contributed by atoms with Crippen LogP contribution >= 0.6 is 10.3 Å². The highest BCUT2D eigenvalue weighted by molar-refractivity contribution is 8.29. The third-order valence-corrected chi connectivity index (χ3v) is 7.83. The van der Waals surface area contributed by atoms with Crippen LogP contribution in [0.15, 0.2) is 24.3 Å². The largest absolute Gasteiger partial charge is 0.331 e. The molecule has 1 atom stereocenters. The van der Waals surface area contributed by atoms with Crippen LogP contribution in [-0.4, -0.2) is 46.8 Å². The van der Waals surface area contributed by atoms with Crippen LogP contribution < -0.4 is 0 Å². The molecule has 5 nitrogen and oxygen atoms in total. The van der Waals surface area contributed by atoms with Crippen molar-refractivity contribution in [3.8, 4) is 0 Å². The molecule has 2 rings (SSSR count). The van der Waals surface area contributed by atoms with Crippen LogP contribution in [0.1, 0.15) is 48.4 Å². The molecule has 0 spiro atoms. The van der Waals surface area contributed by atoms with Gasteiger partial charge in [-0.1, -0.05) is 32.9 Å². The van der Waals surface area contributed by atoms with Crippen LogP contribution in [0.25, 0.3) is 0 Å². The molecule has 1 aromatic rings. The van der Waals surface area contributed by atoms with Gasteiger partial charge in [-0.3, -0.25) is 14.4 Å². The summed E-state index contributed by atoms with van der Waals surface area (Å²) in [5, 5.41) is 0.837. The van der Waals surface area contributed by atoms with E-state index in [0.29, 0.717) is 11.1 Å². The average molecular weight is 339 g/mol. The summed E-state index contributed by atoms with van der Waals surface area (Å²) in [5.41, 5.74) is 0.762. The lowest BCUT2D eigenvalue weighted by molar-refractivity contribution is -0.108. The van der Waals surface area contributed by atoms with Crippen molar-refractivity contribution in [3.63, 3.8) is 0 Å². The third-order valence-electron chi connectivity index (χ3n) is 4.07. The number of hydroxylamine groups is 2. The molecule has 0 saturated heterocycles. The van der Waals surface area contributed by atoms with E-state index < -0.39 is 22.1 Å². The van der Waals surface area contributed by atoms with Gasteiger partial charge in [0.05, 0.1) is 17.2 Å². The smallest absolute Gasteiger partial charge is 0.285 e. The second-order valence-electron chi connectivity index (χ2n) is 7.00. The zero-order valence-corrected chi connectivity index (χ0v) is 15.4. The molecular formula is C17H25NO4S. The van der Waals surface area contributed by atoms with Gasteiger partial charge in [0.15, 0.2) is 0 Å². The van der Waals surface area contributed by atoms with Crippen LogP contribution in [0.3, 0.4) is 0 Å². The number of carbonyl (C=O) groups is 2. The summed E-state index contributed by atoms with van der Waals surface area (Å²) in [5.74, 6) is -0.833. The predicted molar refractivity (Wildman–Crippen MR) is 92.6 cm³/mol. The highest BCUT2D eigenvalue weighted by Crippen LogP contribution is 2.54. The van der Waals surface area contributed by atoms with E-state index in [2.05, 4.69) is 33.3 Å². The summed E-state index contributed by atoms with van der Waals surface area (Å²) in [4.78, 5) is 29.9. The van der Waals surface area contributed by atoms with Crippen molar-refractivity contribution in [1.82, 2.24) is 5.06 Å². The number of amides is 2. The Morgan fingerprint density at radius 2 is 1.57 bits per heavy atom. The quantitative estimate of drug-likeness (QED) is 0.772. The summed E-state index contributed by atoms with van der Waals surface area (Å²) in [6.45, 7) is 8.46. The van der Waals surface area contributed by atoms with Gasteiger partial charge in [-0.15, -0.1) is 15.4 Å². The van der Waals surface area contributed by atoms with Gasteiger partial charge in [-0.25, -0.2) is 0 Å². The van der Waals surface area contributed by atoms with Gasteiger partial charge in [-0.05, 0) is 31.6 Å². The van der Waals surface area contributed by atoms with Crippen molar-refractivity contribution in [2.75, 3.05) is 19.1 Å². The fourth-order valence-electron chi connectivity index (χ4n) is 2.05.